The van der Waals surface area contributed by atoms with Gasteiger partial charge in [0.15, 0.2) is 0 Å². The Hall–Kier alpha value is -2.45. The van der Waals surface area contributed by atoms with Crippen molar-refractivity contribution in [2.24, 2.45) is 0 Å². The Labute approximate surface area is 163 Å². The van der Waals surface area contributed by atoms with Gasteiger partial charge in [0.1, 0.15) is 0 Å². The Kier molecular flexibility index (Phi) is 67.4. The van der Waals surface area contributed by atoms with Crippen molar-refractivity contribution in [2.75, 3.05) is 28.2 Å². The second kappa shape index (κ2) is 49.6. The van der Waals surface area contributed by atoms with Gasteiger partial charge in [-0.1, -0.05) is 12.1 Å². The third-order valence-corrected chi connectivity index (χ3v) is 1.13. The fourth-order valence-electron chi connectivity index (χ4n) is 0.625. The van der Waals surface area contributed by atoms with Crippen molar-refractivity contribution in [2.45, 2.75) is 0 Å². The van der Waals surface area contributed by atoms with Crippen molar-refractivity contribution in [3.8, 4) is 0 Å². The Morgan fingerprint density at radius 2 is 0.720 bits per heavy atom. The van der Waals surface area contributed by atoms with E-state index in [1.165, 1.54) is 9.82 Å². The zero-order valence-electron chi connectivity index (χ0n) is 14.7. The summed E-state index contributed by atoms with van der Waals surface area (Å²) in [5.41, 5.74) is 27.0. The first-order chi connectivity index (χ1) is 11.7. The molecule has 11 heteroatoms. The minimum Gasteiger partial charge on any atom is -0.668 e. The van der Waals surface area contributed by atoms with Crippen LogP contribution >= 0.6 is 0 Å². The van der Waals surface area contributed by atoms with E-state index in [-0.39, 0.29) is 21.7 Å². The molecule has 0 spiro atoms. The van der Waals surface area contributed by atoms with E-state index in [4.69, 9.17) is 22.1 Å². The summed E-state index contributed by atoms with van der Waals surface area (Å²) in [7, 11) is 7.00. The third-order valence-electron chi connectivity index (χ3n) is 1.13. The van der Waals surface area contributed by atoms with Gasteiger partial charge in [0.05, 0.1) is 0 Å². The molecule has 25 heavy (non-hydrogen) atoms. The average Bonchev–Trinajstić information content (AvgIpc) is 2.61. The van der Waals surface area contributed by atoms with E-state index < -0.39 is 0 Å². The van der Waals surface area contributed by atoms with Crippen LogP contribution in [0.3, 0.4) is 0 Å². The second-order valence-corrected chi connectivity index (χ2v) is 3.12. The largest absolute Gasteiger partial charge is 4.00 e. The minimum absolute atomic E-state index is 0. The van der Waals surface area contributed by atoms with E-state index >= 15 is 0 Å². The molecule has 0 unspecified atom stereocenters. The van der Waals surface area contributed by atoms with Gasteiger partial charge in [-0.15, -0.1) is 0 Å². The van der Waals surface area contributed by atoms with Gasteiger partial charge < -0.3 is 32.8 Å². The Morgan fingerprint density at radius 3 is 0.760 bits per heavy atom. The van der Waals surface area contributed by atoms with Gasteiger partial charge in [-0.2, -0.15) is 28.2 Å². The van der Waals surface area contributed by atoms with Crippen LogP contribution in [0, 0.1) is 0 Å². The van der Waals surface area contributed by atoms with E-state index in [2.05, 4.69) is 20.6 Å². The molecule has 2 rings (SSSR count). The molecule has 10 nitrogen and oxygen atoms in total. The molecule has 2 aromatic rings. The van der Waals surface area contributed by atoms with Crippen molar-refractivity contribution in [1.29, 1.82) is 0 Å². The molecule has 0 amide bonds. The Morgan fingerprint density at radius 1 is 0.560 bits per heavy atom. The van der Waals surface area contributed by atoms with Crippen LogP contribution in [0.5, 0.6) is 0 Å². The monoisotopic (exact) mass is 378 g/mol. The van der Waals surface area contributed by atoms with Crippen LogP contribution in [-0.4, -0.2) is 38.2 Å². The first-order valence-electron chi connectivity index (χ1n) is 6.29. The summed E-state index contributed by atoms with van der Waals surface area (Å²) in [5.74, 6) is 0. The fourth-order valence-corrected chi connectivity index (χ4v) is 0.625. The zero-order chi connectivity index (χ0) is 19.3. The summed E-state index contributed by atoms with van der Waals surface area (Å²) in [5, 5.41) is 7.00. The van der Waals surface area contributed by atoms with Crippen molar-refractivity contribution in [1.82, 2.24) is 9.97 Å². The average molecular weight is 378 g/mol. The Balaban J connectivity index is -0.0000000663. The topological polar surface area (TPSA) is 171 Å². The van der Waals surface area contributed by atoms with Crippen LogP contribution < -0.4 is 0 Å². The number of hydrogen-bond donors (Lipinski definition) is 0. The fraction of sp³-hybridized carbons (Fsp3) is 0.286. The normalized spacial score (nSPS) is 5.92. The van der Waals surface area contributed by atoms with Gasteiger partial charge in [-0.05, 0) is 24.3 Å². The van der Waals surface area contributed by atoms with Crippen LogP contribution in [0.4, 0.5) is 0 Å². The van der Waals surface area contributed by atoms with E-state index in [0.717, 1.165) is 0 Å². The van der Waals surface area contributed by atoms with Crippen LogP contribution in [0.2, 0.25) is 0 Å². The summed E-state index contributed by atoms with van der Waals surface area (Å²) >= 11 is 0. The molecule has 2 heterocycles. The molecule has 132 valence electrons. The second-order valence-electron chi connectivity index (χ2n) is 3.12. The minimum atomic E-state index is 0. The number of hydrogen-bond acceptors (Lipinski definition) is 2. The van der Waals surface area contributed by atoms with Gasteiger partial charge in [-0.25, -0.2) is 0 Å². The Bertz CT molecular complexity index is 359. The summed E-state index contributed by atoms with van der Waals surface area (Å²) in [4.78, 5) is 10.6. The van der Waals surface area contributed by atoms with Gasteiger partial charge >= 0.3 is 21.7 Å². The van der Waals surface area contributed by atoms with E-state index in [0.29, 0.717) is 0 Å². The molecule has 0 saturated heterocycles. The summed E-state index contributed by atoms with van der Waals surface area (Å²) in [6, 6.07) is 11.4. The van der Waals surface area contributed by atoms with Gasteiger partial charge in [0.25, 0.3) is 0 Å². The molecule has 0 aliphatic carbocycles. The molecule has 0 saturated carbocycles. The maximum absolute atomic E-state index is 6.75. The van der Waals surface area contributed by atoms with Gasteiger partial charge in [0.2, 0.25) is 0 Å². The molecule has 0 aliphatic heterocycles. The molecule has 0 bridgehead atoms. The van der Waals surface area contributed by atoms with Crippen LogP contribution in [0.15, 0.2) is 61.2 Å². The van der Waals surface area contributed by atoms with Gasteiger partial charge in [0, 0.05) is 24.8 Å². The summed E-state index contributed by atoms with van der Waals surface area (Å²) in [6.07, 6.45) is 7.00. The molecular formula is C14H22N10Ti. The first kappa shape index (κ1) is 34.0. The van der Waals surface area contributed by atoms with E-state index in [9.17, 15) is 0 Å². The summed E-state index contributed by atoms with van der Waals surface area (Å²) in [6.45, 7) is 0. The molecule has 0 radical (unpaired) electrons. The predicted octanol–water partition coefficient (Wildman–Crippen LogP) is 5.13. The van der Waals surface area contributed by atoms with E-state index in [1.54, 1.807) is 53.0 Å². The van der Waals surface area contributed by atoms with Crippen LogP contribution in [0.1, 0.15) is 0 Å². The maximum Gasteiger partial charge on any atom is 4.00 e. The quantitative estimate of drug-likeness (QED) is 0.268. The molecule has 0 fully saturated rings. The standard InChI is InChI=1S/2C5H5N.2C2H6N.2N3.Ti/c2*1-2-4-6-5-3-1;4*1-3-2;/h2*1-5H;2*1-2H3;;;/q;;4*-1;+4. The van der Waals surface area contributed by atoms with Crippen molar-refractivity contribution >= 4 is 0 Å². The molecule has 0 aromatic carbocycles. The SMILES string of the molecule is C[N-]C.C[N-]C.[N-]=[N+]=[N-].[N-]=[N+]=[N-].[Ti+4].c1ccncc1.c1ccncc1. The number of pyridine rings is 2. The van der Waals surface area contributed by atoms with E-state index in [1.807, 2.05) is 36.4 Å². The van der Waals surface area contributed by atoms with Crippen LogP contribution in [-0.2, 0) is 21.7 Å². The van der Waals surface area contributed by atoms with Crippen LogP contribution in [0.25, 0.3) is 42.6 Å². The van der Waals surface area contributed by atoms with Crippen molar-refractivity contribution in [3.63, 3.8) is 0 Å². The number of aromatic nitrogens is 2. The smallest absolute Gasteiger partial charge is 0.668 e. The zero-order valence-corrected chi connectivity index (χ0v) is 16.3. The van der Waals surface area contributed by atoms with Gasteiger partial charge in [-0.3, -0.25) is 19.8 Å². The van der Waals surface area contributed by atoms with Crippen molar-refractivity contribution < 1.29 is 21.7 Å². The van der Waals surface area contributed by atoms with Crippen molar-refractivity contribution in [3.05, 3.63) is 104 Å². The number of rotatable bonds is 0. The molecule has 0 aliphatic rings. The predicted molar refractivity (Wildman–Crippen MR) is 99.0 cm³/mol. The molecule has 0 N–H and O–H groups in total. The summed E-state index contributed by atoms with van der Waals surface area (Å²) < 4.78 is 0. The third kappa shape index (κ3) is 90.3. The first-order valence-corrected chi connectivity index (χ1v) is 6.29. The maximum atomic E-state index is 6.75. The molecule has 0 atom stereocenters. The molecular weight excluding hydrogens is 356 g/mol. The number of nitrogens with zero attached hydrogens (tertiary/aromatic N) is 10. The molecule has 2 aromatic heterocycles.